The van der Waals surface area contributed by atoms with Crippen molar-refractivity contribution in [3.63, 3.8) is 0 Å². The average molecular weight is 423 g/mol. The van der Waals surface area contributed by atoms with Crippen LogP contribution in [0.15, 0.2) is 41.6 Å². The van der Waals surface area contributed by atoms with Crippen LogP contribution in [0.2, 0.25) is 0 Å². The van der Waals surface area contributed by atoms with Crippen LogP contribution in [0.1, 0.15) is 50.1 Å². The first-order valence-corrected chi connectivity index (χ1v) is 11.3. The van der Waals surface area contributed by atoms with E-state index in [2.05, 4.69) is 27.0 Å². The summed E-state index contributed by atoms with van der Waals surface area (Å²) in [6, 6.07) is 8.45. The van der Waals surface area contributed by atoms with Crippen LogP contribution in [0.4, 0.5) is 0 Å². The Bertz CT molecular complexity index is 1090. The Morgan fingerprint density at radius 3 is 2.68 bits per heavy atom. The van der Waals surface area contributed by atoms with Gasteiger partial charge in [0, 0.05) is 31.9 Å². The zero-order valence-electron chi connectivity index (χ0n) is 18.0. The minimum atomic E-state index is 0.000979. The Hall–Kier alpha value is -2.80. The number of hydrogen-bond acceptors (Lipinski definition) is 5. The second kappa shape index (κ2) is 8.75. The first-order valence-electron chi connectivity index (χ1n) is 11.3. The number of hydrogen-bond donors (Lipinski definition) is 1. The molecule has 0 atom stereocenters. The van der Waals surface area contributed by atoms with E-state index in [1.807, 2.05) is 22.9 Å². The summed E-state index contributed by atoms with van der Waals surface area (Å²) < 4.78 is 13.6. The van der Waals surface area contributed by atoms with E-state index in [4.69, 9.17) is 9.47 Å². The second-order valence-corrected chi connectivity index (χ2v) is 8.71. The SMILES string of the molecule is COc1ccc(CN2CCC(n3ccc4[nH]cnc4c3=O)CC2)cc1OC1CCCC1. The fraction of sp³-hybridized carbons (Fsp3) is 0.500. The van der Waals surface area contributed by atoms with E-state index in [-0.39, 0.29) is 11.6 Å². The van der Waals surface area contributed by atoms with Crippen LogP contribution in [-0.2, 0) is 6.54 Å². The van der Waals surface area contributed by atoms with Crippen molar-refractivity contribution < 1.29 is 9.47 Å². The molecule has 2 fully saturated rings. The van der Waals surface area contributed by atoms with E-state index in [0.717, 1.165) is 62.3 Å². The Morgan fingerprint density at radius 1 is 1.10 bits per heavy atom. The maximum atomic E-state index is 12.7. The molecule has 1 saturated carbocycles. The van der Waals surface area contributed by atoms with Crippen molar-refractivity contribution in [2.75, 3.05) is 20.2 Å². The molecule has 7 nitrogen and oxygen atoms in total. The second-order valence-electron chi connectivity index (χ2n) is 8.71. The topological polar surface area (TPSA) is 72.4 Å². The predicted octanol–water partition coefficient (Wildman–Crippen LogP) is 3.89. The zero-order chi connectivity index (χ0) is 21.2. The highest BCUT2D eigenvalue weighted by Crippen LogP contribution is 2.33. The van der Waals surface area contributed by atoms with Gasteiger partial charge in [-0.05, 0) is 62.3 Å². The third-order valence-electron chi connectivity index (χ3n) is 6.69. The Kier molecular flexibility index (Phi) is 5.68. The van der Waals surface area contributed by atoms with Crippen molar-refractivity contribution in [3.05, 3.63) is 52.7 Å². The molecule has 7 heteroatoms. The summed E-state index contributed by atoms with van der Waals surface area (Å²) in [5, 5.41) is 0. The number of aromatic amines is 1. The van der Waals surface area contributed by atoms with Crippen LogP contribution < -0.4 is 15.0 Å². The third-order valence-corrected chi connectivity index (χ3v) is 6.69. The average Bonchev–Trinajstić information content (AvgIpc) is 3.47. The first-order chi connectivity index (χ1) is 15.2. The monoisotopic (exact) mass is 422 g/mol. The number of nitrogens with one attached hydrogen (secondary N) is 1. The molecule has 1 aliphatic carbocycles. The number of imidazole rings is 1. The minimum absolute atomic E-state index is 0.000979. The number of likely N-dealkylation sites (tertiary alicyclic amines) is 1. The molecule has 0 radical (unpaired) electrons. The number of fused-ring (bicyclic) bond motifs is 1. The molecular formula is C24H30N4O3. The van der Waals surface area contributed by atoms with E-state index in [1.165, 1.54) is 18.4 Å². The lowest BCUT2D eigenvalue weighted by molar-refractivity contribution is 0.176. The predicted molar refractivity (Wildman–Crippen MR) is 120 cm³/mol. The van der Waals surface area contributed by atoms with Gasteiger partial charge in [-0.15, -0.1) is 0 Å². The summed E-state index contributed by atoms with van der Waals surface area (Å²) in [7, 11) is 1.70. The van der Waals surface area contributed by atoms with Gasteiger partial charge in [0.2, 0.25) is 0 Å². The van der Waals surface area contributed by atoms with Crippen LogP contribution >= 0.6 is 0 Å². The molecule has 3 heterocycles. The van der Waals surface area contributed by atoms with Gasteiger partial charge in [0.05, 0.1) is 25.1 Å². The molecule has 2 aliphatic rings. The lowest BCUT2D eigenvalue weighted by Gasteiger charge is -2.33. The number of ether oxygens (including phenoxy) is 2. The smallest absolute Gasteiger partial charge is 0.278 e. The largest absolute Gasteiger partial charge is 0.493 e. The lowest BCUT2D eigenvalue weighted by atomic mass is 10.0. The van der Waals surface area contributed by atoms with Crippen molar-refractivity contribution in [2.24, 2.45) is 0 Å². The highest BCUT2D eigenvalue weighted by atomic mass is 16.5. The van der Waals surface area contributed by atoms with Gasteiger partial charge in [-0.25, -0.2) is 4.98 Å². The van der Waals surface area contributed by atoms with Gasteiger partial charge in [-0.2, -0.15) is 0 Å². The Morgan fingerprint density at radius 2 is 1.90 bits per heavy atom. The molecule has 1 saturated heterocycles. The third kappa shape index (κ3) is 4.19. The van der Waals surface area contributed by atoms with Crippen molar-refractivity contribution in [3.8, 4) is 11.5 Å². The Labute approximate surface area is 182 Å². The molecule has 31 heavy (non-hydrogen) atoms. The molecule has 1 aromatic carbocycles. The number of rotatable bonds is 6. The number of H-pyrrole nitrogens is 1. The van der Waals surface area contributed by atoms with Gasteiger partial charge < -0.3 is 19.0 Å². The highest BCUT2D eigenvalue weighted by molar-refractivity contribution is 5.72. The normalized spacial score (nSPS) is 18.6. The fourth-order valence-corrected chi connectivity index (χ4v) is 4.95. The van der Waals surface area contributed by atoms with Gasteiger partial charge in [0.25, 0.3) is 5.56 Å². The molecule has 0 spiro atoms. The number of benzene rings is 1. The summed E-state index contributed by atoms with van der Waals surface area (Å²) in [6.07, 6.45) is 10.5. The molecule has 1 aliphatic heterocycles. The summed E-state index contributed by atoms with van der Waals surface area (Å²) >= 11 is 0. The number of pyridine rings is 1. The molecule has 0 amide bonds. The van der Waals surface area contributed by atoms with E-state index >= 15 is 0 Å². The van der Waals surface area contributed by atoms with Crippen molar-refractivity contribution in [1.29, 1.82) is 0 Å². The van der Waals surface area contributed by atoms with E-state index < -0.39 is 0 Å². The maximum Gasteiger partial charge on any atom is 0.278 e. The van der Waals surface area contributed by atoms with Crippen molar-refractivity contribution in [1.82, 2.24) is 19.4 Å². The summed E-state index contributed by atoms with van der Waals surface area (Å²) in [6.45, 7) is 2.80. The fourth-order valence-electron chi connectivity index (χ4n) is 4.95. The highest BCUT2D eigenvalue weighted by Gasteiger charge is 2.23. The van der Waals surface area contributed by atoms with E-state index in [1.54, 1.807) is 13.4 Å². The van der Waals surface area contributed by atoms with Gasteiger partial charge >= 0.3 is 0 Å². The zero-order valence-corrected chi connectivity index (χ0v) is 18.0. The summed E-state index contributed by atoms with van der Waals surface area (Å²) in [4.78, 5) is 22.4. The number of aromatic nitrogens is 3. The van der Waals surface area contributed by atoms with Crippen LogP contribution in [-0.4, -0.2) is 45.7 Å². The quantitative estimate of drug-likeness (QED) is 0.652. The van der Waals surface area contributed by atoms with Crippen molar-refractivity contribution in [2.45, 2.75) is 57.2 Å². The van der Waals surface area contributed by atoms with E-state index in [9.17, 15) is 4.79 Å². The number of methoxy groups -OCH3 is 1. The van der Waals surface area contributed by atoms with Gasteiger partial charge in [0.15, 0.2) is 17.0 Å². The molecule has 0 bridgehead atoms. The summed E-state index contributed by atoms with van der Waals surface area (Å²) in [5.74, 6) is 1.67. The van der Waals surface area contributed by atoms with Crippen LogP contribution in [0.3, 0.4) is 0 Å². The van der Waals surface area contributed by atoms with Gasteiger partial charge in [0.1, 0.15) is 0 Å². The molecule has 2 aromatic heterocycles. The molecule has 1 N–H and O–H groups in total. The van der Waals surface area contributed by atoms with Gasteiger partial charge in [-0.3, -0.25) is 9.69 Å². The Balaban J connectivity index is 1.24. The van der Waals surface area contributed by atoms with Crippen molar-refractivity contribution >= 4 is 11.0 Å². The molecule has 3 aromatic rings. The van der Waals surface area contributed by atoms with Crippen LogP contribution in [0.25, 0.3) is 11.0 Å². The van der Waals surface area contributed by atoms with Crippen LogP contribution in [0, 0.1) is 0 Å². The number of piperidine rings is 1. The standard InChI is InChI=1S/C24H30N4O3/c1-30-21-7-6-17(14-22(21)31-19-4-2-3-5-19)15-27-11-8-18(9-12-27)28-13-10-20-23(24(28)29)26-16-25-20/h6-7,10,13-14,16,18-19H,2-5,8-9,11-12,15H2,1H3,(H,25,26). The molecule has 5 rings (SSSR count). The maximum absolute atomic E-state index is 12.7. The van der Waals surface area contributed by atoms with E-state index in [0.29, 0.717) is 11.6 Å². The van der Waals surface area contributed by atoms with Gasteiger partial charge in [-0.1, -0.05) is 6.07 Å². The first kappa shape index (κ1) is 20.1. The van der Waals surface area contributed by atoms with Crippen LogP contribution in [0.5, 0.6) is 11.5 Å². The molecular weight excluding hydrogens is 392 g/mol. The summed E-state index contributed by atoms with van der Waals surface area (Å²) in [5.41, 5.74) is 2.56. The molecule has 0 unspecified atom stereocenters. The molecule has 164 valence electrons. The number of nitrogens with zero attached hydrogens (tertiary/aromatic N) is 3. The lowest BCUT2D eigenvalue weighted by Crippen LogP contribution is -2.37. The minimum Gasteiger partial charge on any atom is -0.493 e.